The number of halogens is 1. The summed E-state index contributed by atoms with van der Waals surface area (Å²) in [5.41, 5.74) is 0.970. The molecule has 1 heterocycles. The van der Waals surface area contributed by atoms with Gasteiger partial charge < -0.3 is 10.6 Å². The van der Waals surface area contributed by atoms with E-state index in [0.717, 1.165) is 12.0 Å². The molecular formula is C16H21ClN2O. The Balaban J connectivity index is 1.54. The molecule has 1 amide bonds. The minimum absolute atomic E-state index is 0.0226. The molecule has 3 unspecified atom stereocenters. The molecule has 4 heteroatoms. The topological polar surface area (TPSA) is 41.1 Å². The first kappa shape index (κ1) is 13.9. The second kappa shape index (κ2) is 6.15. The molecule has 0 radical (unpaired) electrons. The Labute approximate surface area is 125 Å². The Morgan fingerprint density at radius 3 is 2.90 bits per heavy atom. The van der Waals surface area contributed by atoms with E-state index in [1.165, 1.54) is 25.7 Å². The van der Waals surface area contributed by atoms with Crippen LogP contribution in [0.2, 0.25) is 5.02 Å². The Morgan fingerprint density at radius 2 is 2.10 bits per heavy atom. The maximum absolute atomic E-state index is 12.3. The van der Waals surface area contributed by atoms with Gasteiger partial charge in [-0.3, -0.25) is 4.79 Å². The number of nitrogens with one attached hydrogen (secondary N) is 2. The van der Waals surface area contributed by atoms with E-state index < -0.39 is 0 Å². The third-order valence-electron chi connectivity index (χ3n) is 4.59. The lowest BCUT2D eigenvalue weighted by atomic mass is 9.85. The molecule has 2 fully saturated rings. The van der Waals surface area contributed by atoms with Gasteiger partial charge in [0.05, 0.1) is 6.04 Å². The van der Waals surface area contributed by atoms with Gasteiger partial charge in [-0.1, -0.05) is 42.6 Å². The number of rotatable bonds is 3. The maximum Gasteiger partial charge on any atom is 0.237 e. The fourth-order valence-electron chi connectivity index (χ4n) is 3.47. The molecule has 1 aliphatic carbocycles. The summed E-state index contributed by atoms with van der Waals surface area (Å²) >= 11 is 6.10. The highest BCUT2D eigenvalue weighted by atomic mass is 35.5. The first-order valence-corrected chi connectivity index (χ1v) is 7.89. The van der Waals surface area contributed by atoms with Crippen LogP contribution in [0.5, 0.6) is 0 Å². The lowest BCUT2D eigenvalue weighted by molar-refractivity contribution is -0.123. The number of benzene rings is 1. The van der Waals surface area contributed by atoms with Crippen LogP contribution in [0, 0.1) is 5.92 Å². The molecule has 0 bridgehead atoms. The molecule has 0 spiro atoms. The fraction of sp³-hybridized carbons (Fsp3) is 0.562. The molecule has 1 saturated heterocycles. The molecule has 0 aromatic heterocycles. The third kappa shape index (κ3) is 2.99. The van der Waals surface area contributed by atoms with Crippen molar-refractivity contribution in [3.8, 4) is 0 Å². The number of hydrogen-bond donors (Lipinski definition) is 2. The van der Waals surface area contributed by atoms with Crippen LogP contribution in [0.1, 0.15) is 37.7 Å². The van der Waals surface area contributed by atoms with E-state index in [1.54, 1.807) is 0 Å². The Morgan fingerprint density at radius 1 is 1.30 bits per heavy atom. The van der Waals surface area contributed by atoms with Crippen molar-refractivity contribution in [3.63, 3.8) is 0 Å². The highest BCUT2D eigenvalue weighted by Gasteiger charge is 2.37. The average molecular weight is 293 g/mol. The first-order chi connectivity index (χ1) is 9.74. The summed E-state index contributed by atoms with van der Waals surface area (Å²) < 4.78 is 0. The summed E-state index contributed by atoms with van der Waals surface area (Å²) in [6.45, 7) is 0.506. The molecule has 108 valence electrons. The average Bonchev–Trinajstić information content (AvgIpc) is 2.90. The van der Waals surface area contributed by atoms with Crippen molar-refractivity contribution < 1.29 is 4.79 Å². The van der Waals surface area contributed by atoms with E-state index in [9.17, 15) is 4.79 Å². The summed E-state index contributed by atoms with van der Waals surface area (Å²) in [4.78, 5) is 12.3. The molecule has 2 aliphatic rings. The molecular weight excluding hydrogens is 272 g/mol. The Kier molecular flexibility index (Phi) is 4.27. The van der Waals surface area contributed by atoms with Gasteiger partial charge >= 0.3 is 0 Å². The predicted octanol–water partition coefficient (Wildman–Crippen LogP) is 2.88. The van der Waals surface area contributed by atoms with Gasteiger partial charge in [0.1, 0.15) is 0 Å². The van der Waals surface area contributed by atoms with E-state index in [1.807, 2.05) is 24.3 Å². The van der Waals surface area contributed by atoms with Crippen molar-refractivity contribution in [2.75, 3.05) is 0 Å². The number of carbonyl (C=O) groups is 1. The minimum atomic E-state index is -0.0226. The maximum atomic E-state index is 12.3. The SMILES string of the molecule is O=C(NCc1ccccc1Cl)C1CC2CCCCC2N1. The third-order valence-corrected chi connectivity index (χ3v) is 4.96. The van der Waals surface area contributed by atoms with Crippen LogP contribution >= 0.6 is 11.6 Å². The van der Waals surface area contributed by atoms with E-state index in [2.05, 4.69) is 10.6 Å². The second-order valence-corrected chi connectivity index (χ2v) is 6.32. The number of hydrogen-bond acceptors (Lipinski definition) is 2. The van der Waals surface area contributed by atoms with Crippen molar-refractivity contribution in [2.24, 2.45) is 5.92 Å². The largest absolute Gasteiger partial charge is 0.351 e. The van der Waals surface area contributed by atoms with Crippen LogP contribution in [0.15, 0.2) is 24.3 Å². The number of fused-ring (bicyclic) bond motifs is 1. The van der Waals surface area contributed by atoms with E-state index in [4.69, 9.17) is 11.6 Å². The van der Waals surface area contributed by atoms with Crippen molar-refractivity contribution in [2.45, 2.75) is 50.7 Å². The van der Waals surface area contributed by atoms with Crippen LogP contribution in [-0.2, 0) is 11.3 Å². The quantitative estimate of drug-likeness (QED) is 0.899. The predicted molar refractivity (Wildman–Crippen MR) is 80.6 cm³/mol. The highest BCUT2D eigenvalue weighted by Crippen LogP contribution is 2.33. The fourth-order valence-corrected chi connectivity index (χ4v) is 3.67. The van der Waals surface area contributed by atoms with Crippen molar-refractivity contribution in [3.05, 3.63) is 34.9 Å². The van der Waals surface area contributed by atoms with E-state index in [-0.39, 0.29) is 11.9 Å². The second-order valence-electron chi connectivity index (χ2n) is 5.92. The van der Waals surface area contributed by atoms with Crippen LogP contribution in [-0.4, -0.2) is 18.0 Å². The molecule has 3 rings (SSSR count). The molecule has 2 N–H and O–H groups in total. The normalized spacial score (nSPS) is 28.9. The van der Waals surface area contributed by atoms with Gasteiger partial charge in [-0.05, 0) is 36.8 Å². The summed E-state index contributed by atoms with van der Waals surface area (Å²) in [5.74, 6) is 0.805. The summed E-state index contributed by atoms with van der Waals surface area (Å²) in [6.07, 6.45) is 6.09. The lowest BCUT2D eigenvalue weighted by Gasteiger charge is -2.24. The Hall–Kier alpha value is -1.06. The van der Waals surface area contributed by atoms with Crippen molar-refractivity contribution in [1.82, 2.24) is 10.6 Å². The smallest absolute Gasteiger partial charge is 0.237 e. The van der Waals surface area contributed by atoms with Gasteiger partial charge in [0, 0.05) is 17.6 Å². The number of amides is 1. The first-order valence-electron chi connectivity index (χ1n) is 7.51. The van der Waals surface area contributed by atoms with Crippen LogP contribution in [0.3, 0.4) is 0 Å². The molecule has 1 saturated carbocycles. The van der Waals surface area contributed by atoms with Gasteiger partial charge in [0.2, 0.25) is 5.91 Å². The van der Waals surface area contributed by atoms with Gasteiger partial charge in [0.15, 0.2) is 0 Å². The zero-order valence-corrected chi connectivity index (χ0v) is 12.3. The van der Waals surface area contributed by atoms with Crippen LogP contribution in [0.25, 0.3) is 0 Å². The molecule has 20 heavy (non-hydrogen) atoms. The van der Waals surface area contributed by atoms with Gasteiger partial charge in [-0.25, -0.2) is 0 Å². The van der Waals surface area contributed by atoms with Gasteiger partial charge in [0.25, 0.3) is 0 Å². The van der Waals surface area contributed by atoms with Crippen molar-refractivity contribution >= 4 is 17.5 Å². The van der Waals surface area contributed by atoms with Crippen molar-refractivity contribution in [1.29, 1.82) is 0 Å². The molecule has 1 aromatic carbocycles. The summed E-state index contributed by atoms with van der Waals surface area (Å²) in [6, 6.07) is 8.17. The lowest BCUT2D eigenvalue weighted by Crippen LogP contribution is -2.42. The summed E-state index contributed by atoms with van der Waals surface area (Å²) in [7, 11) is 0. The molecule has 3 atom stereocenters. The van der Waals surface area contributed by atoms with E-state index >= 15 is 0 Å². The van der Waals surface area contributed by atoms with Crippen LogP contribution in [0.4, 0.5) is 0 Å². The van der Waals surface area contributed by atoms with Gasteiger partial charge in [-0.2, -0.15) is 0 Å². The highest BCUT2D eigenvalue weighted by molar-refractivity contribution is 6.31. The monoisotopic (exact) mass is 292 g/mol. The van der Waals surface area contributed by atoms with Crippen LogP contribution < -0.4 is 10.6 Å². The minimum Gasteiger partial charge on any atom is -0.351 e. The zero-order chi connectivity index (χ0) is 13.9. The zero-order valence-electron chi connectivity index (χ0n) is 11.6. The van der Waals surface area contributed by atoms with E-state index in [0.29, 0.717) is 23.5 Å². The molecule has 1 aliphatic heterocycles. The number of carbonyl (C=O) groups excluding carboxylic acids is 1. The summed E-state index contributed by atoms with van der Waals surface area (Å²) in [5, 5.41) is 7.21. The van der Waals surface area contributed by atoms with Gasteiger partial charge in [-0.15, -0.1) is 0 Å². The Bertz CT molecular complexity index is 477. The molecule has 1 aromatic rings. The standard InChI is InChI=1S/C16H21ClN2O/c17-13-7-3-1-6-12(13)10-18-16(20)15-9-11-5-2-4-8-14(11)19-15/h1,3,6-7,11,14-15,19H,2,4-5,8-10H2,(H,18,20). The molecule has 3 nitrogen and oxygen atoms in total.